The number of piperidine rings is 1. The number of halogens is 1. The number of unbranched alkanes of at least 4 members (excludes halogenated alkanes) is 1. The molecule has 23 heavy (non-hydrogen) atoms. The van der Waals surface area contributed by atoms with Crippen LogP contribution in [-0.2, 0) is 4.74 Å². The highest BCUT2D eigenvalue weighted by Crippen LogP contribution is 2.11. The molecule has 1 fully saturated rings. The molecule has 0 bridgehead atoms. The van der Waals surface area contributed by atoms with E-state index in [4.69, 9.17) is 10.5 Å². The second-order valence-electron chi connectivity index (χ2n) is 6.26. The summed E-state index contributed by atoms with van der Waals surface area (Å²) in [4.78, 5) is 17.7. The summed E-state index contributed by atoms with van der Waals surface area (Å²) in [5.41, 5.74) is 5.92. The fourth-order valence-corrected chi connectivity index (χ4v) is 2.54. The number of nitrogens with two attached hydrogens (primary N) is 1. The van der Waals surface area contributed by atoms with Crippen LogP contribution in [0, 0.1) is 5.92 Å². The maximum absolute atomic E-state index is 11.6. The first-order valence-corrected chi connectivity index (χ1v) is 8.51. The number of hydrogen-bond donors (Lipinski definition) is 2. The molecule has 0 aliphatic carbocycles. The largest absolute Gasteiger partial charge is 0.450 e. The quantitative estimate of drug-likeness (QED) is 0.276. The van der Waals surface area contributed by atoms with Crippen molar-refractivity contribution < 1.29 is 9.53 Å². The Kier molecular flexibility index (Phi) is 12.3. The average Bonchev–Trinajstić information content (AvgIpc) is 2.47. The standard InChI is InChI=1S/C16H32N4O2.HI/c1-4-22-16(21)20-11-8-14(9-12-20)19-15(17)18-10-6-5-7-13(2)3;/h13-14H,4-12H2,1-3H3,(H3,17,18,19);1H. The number of amides is 1. The van der Waals surface area contributed by atoms with Crippen molar-refractivity contribution in [3.05, 3.63) is 0 Å². The third-order valence-electron chi connectivity index (χ3n) is 3.84. The van der Waals surface area contributed by atoms with Gasteiger partial charge in [-0.3, -0.25) is 4.99 Å². The van der Waals surface area contributed by atoms with Crippen LogP contribution in [0.1, 0.15) is 52.9 Å². The fourth-order valence-electron chi connectivity index (χ4n) is 2.54. The molecular weight excluding hydrogens is 407 g/mol. The van der Waals surface area contributed by atoms with Crippen molar-refractivity contribution in [3.63, 3.8) is 0 Å². The number of likely N-dealkylation sites (tertiary alicyclic amines) is 1. The molecule has 0 unspecified atom stereocenters. The minimum Gasteiger partial charge on any atom is -0.450 e. The third kappa shape index (κ3) is 9.88. The highest BCUT2D eigenvalue weighted by molar-refractivity contribution is 14.0. The number of nitrogens with zero attached hydrogens (tertiary/aromatic N) is 2. The van der Waals surface area contributed by atoms with Crippen molar-refractivity contribution in [1.29, 1.82) is 0 Å². The lowest BCUT2D eigenvalue weighted by molar-refractivity contribution is 0.0963. The molecule has 1 saturated heterocycles. The van der Waals surface area contributed by atoms with E-state index in [1.165, 1.54) is 12.8 Å². The minimum atomic E-state index is -0.215. The number of aliphatic imine (C=N–C) groups is 1. The van der Waals surface area contributed by atoms with E-state index in [-0.39, 0.29) is 30.1 Å². The van der Waals surface area contributed by atoms with Gasteiger partial charge in [0.2, 0.25) is 0 Å². The van der Waals surface area contributed by atoms with Crippen LogP contribution in [0.15, 0.2) is 4.99 Å². The van der Waals surface area contributed by atoms with Gasteiger partial charge in [-0.15, -0.1) is 24.0 Å². The Morgan fingerprint density at radius 1 is 1.35 bits per heavy atom. The highest BCUT2D eigenvalue weighted by atomic mass is 127. The summed E-state index contributed by atoms with van der Waals surface area (Å²) in [5.74, 6) is 1.28. The maximum Gasteiger partial charge on any atom is 0.409 e. The van der Waals surface area contributed by atoms with Crippen LogP contribution in [0.3, 0.4) is 0 Å². The van der Waals surface area contributed by atoms with Gasteiger partial charge in [-0.1, -0.05) is 26.7 Å². The molecule has 1 heterocycles. The number of rotatable bonds is 7. The molecule has 0 atom stereocenters. The molecule has 1 rings (SSSR count). The molecule has 1 amide bonds. The zero-order valence-corrected chi connectivity index (χ0v) is 17.0. The monoisotopic (exact) mass is 440 g/mol. The minimum absolute atomic E-state index is 0. The zero-order valence-electron chi connectivity index (χ0n) is 14.7. The molecule has 0 aromatic carbocycles. The van der Waals surface area contributed by atoms with Gasteiger partial charge >= 0.3 is 6.09 Å². The van der Waals surface area contributed by atoms with Gasteiger partial charge in [-0.25, -0.2) is 4.79 Å². The van der Waals surface area contributed by atoms with E-state index in [9.17, 15) is 4.79 Å². The van der Waals surface area contributed by atoms with Crippen LogP contribution < -0.4 is 11.1 Å². The summed E-state index contributed by atoms with van der Waals surface area (Å²) in [6, 6.07) is 0.296. The lowest BCUT2D eigenvalue weighted by atomic mass is 10.1. The second kappa shape index (κ2) is 12.7. The second-order valence-corrected chi connectivity index (χ2v) is 6.26. The predicted molar refractivity (Wildman–Crippen MR) is 105 cm³/mol. The topological polar surface area (TPSA) is 80.0 Å². The zero-order chi connectivity index (χ0) is 16.4. The van der Waals surface area contributed by atoms with Gasteiger partial charge in [0.1, 0.15) is 0 Å². The average molecular weight is 440 g/mol. The Balaban J connectivity index is 0.00000484. The molecule has 0 aromatic rings. The fraction of sp³-hybridized carbons (Fsp3) is 0.875. The van der Waals surface area contributed by atoms with Crippen molar-refractivity contribution in [2.75, 3.05) is 26.2 Å². The van der Waals surface area contributed by atoms with Gasteiger partial charge in [-0.05, 0) is 32.1 Å². The summed E-state index contributed by atoms with van der Waals surface area (Å²) < 4.78 is 5.01. The highest BCUT2D eigenvalue weighted by Gasteiger charge is 2.23. The molecule has 1 aliphatic heterocycles. The van der Waals surface area contributed by atoms with Crippen LogP contribution in [-0.4, -0.2) is 49.2 Å². The third-order valence-corrected chi connectivity index (χ3v) is 3.84. The number of carbonyl (C=O) groups excluding carboxylic acids is 1. The summed E-state index contributed by atoms with van der Waals surface area (Å²) in [6.07, 6.45) is 5.07. The van der Waals surface area contributed by atoms with Crippen LogP contribution in [0.25, 0.3) is 0 Å². The van der Waals surface area contributed by atoms with Crippen LogP contribution in [0.5, 0.6) is 0 Å². The van der Waals surface area contributed by atoms with E-state index in [2.05, 4.69) is 24.2 Å². The van der Waals surface area contributed by atoms with Gasteiger partial charge in [-0.2, -0.15) is 0 Å². The lowest BCUT2D eigenvalue weighted by Crippen LogP contribution is -2.48. The van der Waals surface area contributed by atoms with Crippen molar-refractivity contribution in [1.82, 2.24) is 10.2 Å². The van der Waals surface area contributed by atoms with E-state index in [0.29, 0.717) is 31.7 Å². The molecule has 3 N–H and O–H groups in total. The first-order valence-electron chi connectivity index (χ1n) is 8.51. The first-order chi connectivity index (χ1) is 10.5. The molecular formula is C16H33IN4O2. The molecule has 0 radical (unpaired) electrons. The predicted octanol–water partition coefficient (Wildman–Crippen LogP) is 2.96. The van der Waals surface area contributed by atoms with Crippen molar-refractivity contribution in [2.24, 2.45) is 16.6 Å². The van der Waals surface area contributed by atoms with Crippen molar-refractivity contribution in [3.8, 4) is 0 Å². The van der Waals surface area contributed by atoms with Gasteiger partial charge in [0.05, 0.1) is 6.61 Å². The Labute approximate surface area is 157 Å². The van der Waals surface area contributed by atoms with Crippen LogP contribution in [0.4, 0.5) is 4.79 Å². The van der Waals surface area contributed by atoms with Crippen LogP contribution >= 0.6 is 24.0 Å². The van der Waals surface area contributed by atoms with Gasteiger partial charge in [0.25, 0.3) is 0 Å². The molecule has 136 valence electrons. The van der Waals surface area contributed by atoms with E-state index in [1.54, 1.807) is 4.90 Å². The summed E-state index contributed by atoms with van der Waals surface area (Å²) >= 11 is 0. The molecule has 0 saturated carbocycles. The van der Waals surface area contributed by atoms with E-state index >= 15 is 0 Å². The van der Waals surface area contributed by atoms with Gasteiger partial charge < -0.3 is 20.7 Å². The summed E-state index contributed by atoms with van der Waals surface area (Å²) in [5, 5.41) is 3.26. The van der Waals surface area contributed by atoms with Crippen molar-refractivity contribution in [2.45, 2.75) is 58.9 Å². The maximum atomic E-state index is 11.6. The normalized spacial score (nSPS) is 16.2. The van der Waals surface area contributed by atoms with Gasteiger partial charge in [0, 0.05) is 25.7 Å². The Morgan fingerprint density at radius 2 is 2.00 bits per heavy atom. The van der Waals surface area contributed by atoms with Crippen molar-refractivity contribution >= 4 is 36.0 Å². The molecule has 0 spiro atoms. The SMILES string of the molecule is CCOC(=O)N1CCC(NC(N)=NCCCCC(C)C)CC1.I. The number of carbonyl (C=O) groups is 1. The Morgan fingerprint density at radius 3 is 2.57 bits per heavy atom. The molecule has 7 heteroatoms. The number of nitrogens with one attached hydrogen (secondary N) is 1. The number of ether oxygens (including phenoxy) is 1. The number of hydrogen-bond acceptors (Lipinski definition) is 3. The lowest BCUT2D eigenvalue weighted by Gasteiger charge is -2.31. The summed E-state index contributed by atoms with van der Waals surface area (Å²) in [6.45, 7) is 8.92. The van der Waals surface area contributed by atoms with E-state index in [1.807, 2.05) is 6.92 Å². The molecule has 0 aromatic heterocycles. The first kappa shape index (κ1) is 22.3. The Bertz CT molecular complexity index is 356. The molecule has 6 nitrogen and oxygen atoms in total. The smallest absolute Gasteiger partial charge is 0.409 e. The van der Waals surface area contributed by atoms with Gasteiger partial charge in [0.15, 0.2) is 5.96 Å². The Hall–Kier alpha value is -0.730. The molecule has 1 aliphatic rings. The van der Waals surface area contributed by atoms with E-state index in [0.717, 1.165) is 31.7 Å². The summed E-state index contributed by atoms with van der Waals surface area (Å²) in [7, 11) is 0. The van der Waals surface area contributed by atoms with Crippen LogP contribution in [0.2, 0.25) is 0 Å². The van der Waals surface area contributed by atoms with E-state index < -0.39 is 0 Å². The number of guanidine groups is 1.